The molecule has 0 unspecified atom stereocenters. The van der Waals surface area contributed by atoms with E-state index in [-0.39, 0.29) is 5.41 Å². The smallest absolute Gasteiger partial charge is 0.227 e. The molecule has 0 spiro atoms. The van der Waals surface area contributed by atoms with Crippen LogP contribution in [0, 0.1) is 26.2 Å². The van der Waals surface area contributed by atoms with Crippen LogP contribution in [0.4, 0.5) is 17.5 Å². The second-order valence-corrected chi connectivity index (χ2v) is 9.56. The van der Waals surface area contributed by atoms with Crippen LogP contribution in [0.15, 0.2) is 34.9 Å². The van der Waals surface area contributed by atoms with Crippen LogP contribution in [0.1, 0.15) is 45.0 Å². The number of fused-ring (bicyclic) bond motifs is 1. The van der Waals surface area contributed by atoms with Crippen LogP contribution in [0.25, 0.3) is 22.2 Å². The van der Waals surface area contributed by atoms with E-state index in [1.54, 1.807) is 0 Å². The number of pyridine rings is 1. The average molecular weight is 461 g/mol. The Morgan fingerprint density at radius 3 is 2.50 bits per heavy atom. The number of hydrogen-bond donors (Lipinski definition) is 2. The molecule has 0 atom stereocenters. The lowest BCUT2D eigenvalue weighted by atomic mass is 9.97. The summed E-state index contributed by atoms with van der Waals surface area (Å²) < 4.78 is 11.5. The van der Waals surface area contributed by atoms with Crippen molar-refractivity contribution in [2.75, 3.05) is 23.8 Å². The molecule has 8 heteroatoms. The van der Waals surface area contributed by atoms with Crippen LogP contribution in [-0.2, 0) is 0 Å². The Kier molecular flexibility index (Phi) is 6.41. The Morgan fingerprint density at radius 1 is 1.03 bits per heavy atom. The number of rotatable bonds is 7. The lowest BCUT2D eigenvalue weighted by molar-refractivity contribution is 0.342. The number of oxazole rings is 1. The van der Waals surface area contributed by atoms with Gasteiger partial charge in [0.15, 0.2) is 11.7 Å². The van der Waals surface area contributed by atoms with Gasteiger partial charge >= 0.3 is 0 Å². The van der Waals surface area contributed by atoms with Gasteiger partial charge in [-0.3, -0.25) is 0 Å². The Bertz CT molecular complexity index is 1320. The van der Waals surface area contributed by atoms with E-state index in [9.17, 15) is 0 Å². The highest BCUT2D eigenvalue weighted by Crippen LogP contribution is 2.34. The molecule has 1 aromatic carbocycles. The molecular formula is C26H32N6O2. The number of nitrogens with one attached hydrogen (secondary N) is 2. The third kappa shape index (κ3) is 5.27. The summed E-state index contributed by atoms with van der Waals surface area (Å²) in [5, 5.41) is 7.71. The lowest BCUT2D eigenvalue weighted by Gasteiger charge is -2.20. The third-order valence-electron chi connectivity index (χ3n) is 5.18. The molecule has 4 aromatic rings. The maximum atomic E-state index is 5.92. The number of hydrogen-bond acceptors (Lipinski definition) is 8. The third-order valence-corrected chi connectivity index (χ3v) is 5.18. The minimum atomic E-state index is 0.112. The first-order valence-corrected chi connectivity index (χ1v) is 11.5. The second-order valence-electron chi connectivity index (χ2n) is 9.56. The molecule has 0 aliphatic rings. The van der Waals surface area contributed by atoms with Gasteiger partial charge in [0, 0.05) is 36.3 Å². The molecule has 0 saturated heterocycles. The summed E-state index contributed by atoms with van der Waals surface area (Å²) in [6, 6.07) is 7.88. The van der Waals surface area contributed by atoms with Gasteiger partial charge in [0.2, 0.25) is 5.95 Å². The molecule has 0 fully saturated rings. The van der Waals surface area contributed by atoms with Crippen LogP contribution in [0.5, 0.6) is 5.75 Å². The van der Waals surface area contributed by atoms with Crippen molar-refractivity contribution in [1.82, 2.24) is 19.9 Å². The van der Waals surface area contributed by atoms with Crippen molar-refractivity contribution in [2.24, 2.45) is 5.41 Å². The van der Waals surface area contributed by atoms with Gasteiger partial charge in [-0.2, -0.15) is 0 Å². The summed E-state index contributed by atoms with van der Waals surface area (Å²) in [5.41, 5.74) is 4.31. The predicted octanol–water partition coefficient (Wildman–Crippen LogP) is 6.21. The van der Waals surface area contributed by atoms with Gasteiger partial charge in [0.1, 0.15) is 22.7 Å². The fourth-order valence-electron chi connectivity index (χ4n) is 3.67. The van der Waals surface area contributed by atoms with Gasteiger partial charge in [-0.05, 0) is 44.4 Å². The highest BCUT2D eigenvalue weighted by Gasteiger charge is 2.16. The molecule has 2 N–H and O–H groups in total. The van der Waals surface area contributed by atoms with E-state index >= 15 is 0 Å². The van der Waals surface area contributed by atoms with Crippen molar-refractivity contribution >= 4 is 28.4 Å². The maximum absolute atomic E-state index is 5.92. The Balaban J connectivity index is 1.68. The minimum absolute atomic E-state index is 0.112. The average Bonchev–Trinajstić information content (AvgIpc) is 3.11. The van der Waals surface area contributed by atoms with Crippen LogP contribution in [0.2, 0.25) is 0 Å². The number of aryl methyl sites for hydroxylation is 3. The Hall–Kier alpha value is -3.68. The molecule has 3 aromatic heterocycles. The van der Waals surface area contributed by atoms with E-state index in [0.717, 1.165) is 51.7 Å². The zero-order chi connectivity index (χ0) is 24.5. The quantitative estimate of drug-likeness (QED) is 0.336. The summed E-state index contributed by atoms with van der Waals surface area (Å²) in [6.45, 7) is 15.5. The van der Waals surface area contributed by atoms with Gasteiger partial charge in [0.25, 0.3) is 0 Å². The van der Waals surface area contributed by atoms with Crippen molar-refractivity contribution in [3.63, 3.8) is 0 Å². The molecule has 0 amide bonds. The summed E-state index contributed by atoms with van der Waals surface area (Å²) in [7, 11) is 0. The maximum Gasteiger partial charge on any atom is 0.227 e. The molecule has 34 heavy (non-hydrogen) atoms. The summed E-state index contributed by atoms with van der Waals surface area (Å²) in [4.78, 5) is 18.5. The molecule has 4 rings (SSSR count). The first-order chi connectivity index (χ1) is 16.1. The first kappa shape index (κ1) is 23.5. The molecule has 178 valence electrons. The molecule has 0 saturated carbocycles. The normalized spacial score (nSPS) is 11.6. The highest BCUT2D eigenvalue weighted by atomic mass is 16.5. The van der Waals surface area contributed by atoms with Crippen LogP contribution in [-0.4, -0.2) is 33.1 Å². The van der Waals surface area contributed by atoms with Gasteiger partial charge in [-0.1, -0.05) is 26.8 Å². The molecule has 0 bridgehead atoms. The summed E-state index contributed by atoms with van der Waals surface area (Å²) in [6.07, 6.45) is 1.82. The second kappa shape index (κ2) is 9.29. The molecule has 0 aliphatic carbocycles. The lowest BCUT2D eigenvalue weighted by Crippen LogP contribution is -2.20. The number of ether oxygens (including phenoxy) is 1. The minimum Gasteiger partial charge on any atom is -0.492 e. The highest BCUT2D eigenvalue weighted by molar-refractivity contribution is 5.89. The monoisotopic (exact) mass is 460 g/mol. The SMILES string of the molecule is CCOc1cc(-c2nc(C)oc2C)ccc1Nc1ncc2cc(C)nc(NCC(C)(C)C)c2n1. The topological polar surface area (TPSA) is 98.0 Å². The molecule has 0 aliphatic heterocycles. The fraction of sp³-hybridized carbons (Fsp3) is 0.385. The molecule has 8 nitrogen and oxygen atoms in total. The number of nitrogens with zero attached hydrogens (tertiary/aromatic N) is 4. The number of anilines is 3. The van der Waals surface area contributed by atoms with Crippen LogP contribution >= 0.6 is 0 Å². The van der Waals surface area contributed by atoms with Gasteiger partial charge in [-0.15, -0.1) is 0 Å². The Morgan fingerprint density at radius 2 is 1.82 bits per heavy atom. The number of benzene rings is 1. The van der Waals surface area contributed by atoms with Crippen molar-refractivity contribution in [1.29, 1.82) is 0 Å². The zero-order valence-electron chi connectivity index (χ0n) is 20.9. The molecular weight excluding hydrogens is 428 g/mol. The van der Waals surface area contributed by atoms with Crippen molar-refractivity contribution in [2.45, 2.75) is 48.5 Å². The van der Waals surface area contributed by atoms with Crippen molar-refractivity contribution in [3.8, 4) is 17.0 Å². The van der Waals surface area contributed by atoms with E-state index in [1.807, 2.05) is 58.2 Å². The van der Waals surface area contributed by atoms with E-state index in [2.05, 4.69) is 46.4 Å². The van der Waals surface area contributed by atoms with Gasteiger partial charge in [0.05, 0.1) is 12.3 Å². The van der Waals surface area contributed by atoms with E-state index < -0.39 is 0 Å². The fourth-order valence-corrected chi connectivity index (χ4v) is 3.67. The van der Waals surface area contributed by atoms with Crippen molar-refractivity contribution < 1.29 is 9.15 Å². The largest absolute Gasteiger partial charge is 0.492 e. The summed E-state index contributed by atoms with van der Waals surface area (Å²) >= 11 is 0. The van der Waals surface area contributed by atoms with Gasteiger partial charge in [-0.25, -0.2) is 19.9 Å². The van der Waals surface area contributed by atoms with E-state index in [1.165, 1.54) is 0 Å². The van der Waals surface area contributed by atoms with E-state index in [0.29, 0.717) is 24.2 Å². The van der Waals surface area contributed by atoms with E-state index in [4.69, 9.17) is 14.1 Å². The number of aromatic nitrogens is 4. The zero-order valence-corrected chi connectivity index (χ0v) is 20.9. The first-order valence-electron chi connectivity index (χ1n) is 11.5. The summed E-state index contributed by atoms with van der Waals surface area (Å²) in [5.74, 6) is 3.33. The van der Waals surface area contributed by atoms with Gasteiger partial charge < -0.3 is 19.8 Å². The standard InChI is InChI=1S/C26H32N6O2/c1-8-33-21-12-18(22-16(3)34-17(4)30-22)9-10-20(21)31-25-27-13-19-11-15(2)29-24(23(19)32-25)28-14-26(5,6)7/h9-13H,8,14H2,1-7H3,(H,28,29)(H,27,31,32). The molecule has 0 radical (unpaired) electrons. The van der Waals surface area contributed by atoms with Crippen LogP contribution in [0.3, 0.4) is 0 Å². The molecule has 3 heterocycles. The predicted molar refractivity (Wildman–Crippen MR) is 136 cm³/mol. The van der Waals surface area contributed by atoms with Crippen LogP contribution < -0.4 is 15.4 Å². The van der Waals surface area contributed by atoms with Crippen molar-refractivity contribution in [3.05, 3.63) is 47.8 Å². The Labute approximate surface area is 200 Å².